The summed E-state index contributed by atoms with van der Waals surface area (Å²) in [5.74, 6) is 0. The number of likely N-dealkylation sites (tertiary alicyclic amines) is 1. The van der Waals surface area contributed by atoms with E-state index < -0.39 is 0 Å². The highest BCUT2D eigenvalue weighted by Gasteiger charge is 2.38. The second kappa shape index (κ2) is 4.43. The van der Waals surface area contributed by atoms with Gasteiger partial charge in [-0.2, -0.15) is 0 Å². The molecule has 0 radical (unpaired) electrons. The minimum Gasteiger partial charge on any atom is -0.317 e. The SMILES string of the molecule is c1ncc(CN2CCC3(CCNCC3)C2)s1. The molecule has 1 aromatic heterocycles. The number of nitrogens with one attached hydrogen (secondary N) is 1. The van der Waals surface area contributed by atoms with E-state index in [1.54, 1.807) is 11.3 Å². The Hall–Kier alpha value is -0.450. The number of rotatable bonds is 2. The van der Waals surface area contributed by atoms with Crippen LogP contribution in [0.1, 0.15) is 24.1 Å². The largest absolute Gasteiger partial charge is 0.317 e. The van der Waals surface area contributed by atoms with E-state index in [2.05, 4.69) is 15.2 Å². The van der Waals surface area contributed by atoms with Crippen LogP contribution in [-0.4, -0.2) is 36.1 Å². The van der Waals surface area contributed by atoms with Crippen molar-refractivity contribution in [2.45, 2.75) is 25.8 Å². The molecule has 1 aromatic rings. The quantitative estimate of drug-likeness (QED) is 0.849. The van der Waals surface area contributed by atoms with Gasteiger partial charge in [-0.15, -0.1) is 11.3 Å². The van der Waals surface area contributed by atoms with Gasteiger partial charge >= 0.3 is 0 Å². The van der Waals surface area contributed by atoms with Crippen LogP contribution in [0, 0.1) is 5.41 Å². The van der Waals surface area contributed by atoms with Crippen molar-refractivity contribution in [2.75, 3.05) is 26.2 Å². The summed E-state index contributed by atoms with van der Waals surface area (Å²) in [6.45, 7) is 6.12. The van der Waals surface area contributed by atoms with Crippen molar-refractivity contribution in [3.63, 3.8) is 0 Å². The smallest absolute Gasteiger partial charge is 0.0794 e. The van der Waals surface area contributed by atoms with E-state index >= 15 is 0 Å². The summed E-state index contributed by atoms with van der Waals surface area (Å²) in [6, 6.07) is 0. The first-order chi connectivity index (χ1) is 7.86. The van der Waals surface area contributed by atoms with Crippen LogP contribution in [0.3, 0.4) is 0 Å². The Kier molecular flexibility index (Phi) is 2.96. The molecule has 88 valence electrons. The fourth-order valence-electron chi connectivity index (χ4n) is 3.07. The molecule has 0 atom stereocenters. The van der Waals surface area contributed by atoms with E-state index in [1.807, 2.05) is 11.7 Å². The van der Waals surface area contributed by atoms with Gasteiger partial charge in [-0.1, -0.05) is 0 Å². The molecule has 0 aliphatic carbocycles. The normalized spacial score (nSPS) is 25.2. The molecule has 2 saturated heterocycles. The van der Waals surface area contributed by atoms with E-state index in [4.69, 9.17) is 0 Å². The van der Waals surface area contributed by atoms with E-state index in [0.29, 0.717) is 5.41 Å². The zero-order valence-corrected chi connectivity index (χ0v) is 10.4. The summed E-state index contributed by atoms with van der Waals surface area (Å²) in [6.07, 6.45) is 6.14. The molecule has 3 heterocycles. The maximum atomic E-state index is 4.15. The highest BCUT2D eigenvalue weighted by molar-refractivity contribution is 7.09. The van der Waals surface area contributed by atoms with Gasteiger partial charge in [0.05, 0.1) is 5.51 Å². The summed E-state index contributed by atoms with van der Waals surface area (Å²) in [4.78, 5) is 8.17. The zero-order chi connectivity index (χ0) is 10.8. The number of nitrogens with zero attached hydrogens (tertiary/aromatic N) is 2. The van der Waals surface area contributed by atoms with E-state index in [1.165, 1.54) is 50.3 Å². The minimum atomic E-state index is 0.635. The van der Waals surface area contributed by atoms with Crippen LogP contribution in [0.5, 0.6) is 0 Å². The molecule has 2 aliphatic rings. The molecule has 0 saturated carbocycles. The lowest BCUT2D eigenvalue weighted by molar-refractivity contribution is 0.194. The average Bonchev–Trinajstić information content (AvgIpc) is 2.92. The first-order valence-corrected chi connectivity index (χ1v) is 7.05. The summed E-state index contributed by atoms with van der Waals surface area (Å²) in [5, 5.41) is 3.47. The molecule has 2 aliphatic heterocycles. The monoisotopic (exact) mass is 237 g/mol. The number of hydrogen-bond acceptors (Lipinski definition) is 4. The third-order valence-corrected chi connectivity index (χ3v) is 4.81. The Bertz CT molecular complexity index is 330. The molecular weight excluding hydrogens is 218 g/mol. The molecule has 0 unspecified atom stereocenters. The Balaban J connectivity index is 1.60. The fourth-order valence-corrected chi connectivity index (χ4v) is 3.70. The van der Waals surface area contributed by atoms with Gasteiger partial charge in [0, 0.05) is 24.2 Å². The predicted molar refractivity (Wildman–Crippen MR) is 66.5 cm³/mol. The molecule has 0 aromatic carbocycles. The predicted octanol–water partition coefficient (Wildman–Crippen LogP) is 1.72. The fraction of sp³-hybridized carbons (Fsp3) is 0.750. The third kappa shape index (κ3) is 2.14. The standard InChI is InChI=1S/C12H19N3S/c1-4-13-5-2-12(1)3-6-15(9-12)8-11-7-14-10-16-11/h7,10,13H,1-6,8-9H2. The first kappa shape index (κ1) is 10.7. The maximum absolute atomic E-state index is 4.15. The summed E-state index contributed by atoms with van der Waals surface area (Å²) < 4.78 is 0. The Morgan fingerprint density at radius 3 is 3.00 bits per heavy atom. The van der Waals surface area contributed by atoms with Gasteiger partial charge < -0.3 is 5.32 Å². The molecule has 0 bridgehead atoms. The van der Waals surface area contributed by atoms with Crippen LogP contribution in [0.2, 0.25) is 0 Å². The van der Waals surface area contributed by atoms with Crippen LogP contribution < -0.4 is 5.32 Å². The summed E-state index contributed by atoms with van der Waals surface area (Å²) in [7, 11) is 0. The van der Waals surface area contributed by atoms with Gasteiger partial charge in [0.2, 0.25) is 0 Å². The molecule has 1 N–H and O–H groups in total. The summed E-state index contributed by atoms with van der Waals surface area (Å²) in [5.41, 5.74) is 2.57. The molecule has 4 heteroatoms. The van der Waals surface area contributed by atoms with Crippen molar-refractivity contribution in [2.24, 2.45) is 5.41 Å². The lowest BCUT2D eigenvalue weighted by Crippen LogP contribution is -2.38. The number of piperidine rings is 1. The summed E-state index contributed by atoms with van der Waals surface area (Å²) >= 11 is 1.78. The average molecular weight is 237 g/mol. The topological polar surface area (TPSA) is 28.2 Å². The lowest BCUT2D eigenvalue weighted by atomic mass is 9.78. The molecule has 3 nitrogen and oxygen atoms in total. The van der Waals surface area contributed by atoms with Gasteiger partial charge in [0.15, 0.2) is 0 Å². The maximum Gasteiger partial charge on any atom is 0.0794 e. The van der Waals surface area contributed by atoms with Crippen LogP contribution in [0.4, 0.5) is 0 Å². The Morgan fingerprint density at radius 2 is 2.25 bits per heavy atom. The van der Waals surface area contributed by atoms with Crippen molar-refractivity contribution in [1.29, 1.82) is 0 Å². The highest BCUT2D eigenvalue weighted by Crippen LogP contribution is 2.39. The van der Waals surface area contributed by atoms with Crippen molar-refractivity contribution < 1.29 is 0 Å². The Morgan fingerprint density at radius 1 is 1.38 bits per heavy atom. The van der Waals surface area contributed by atoms with E-state index in [0.717, 1.165) is 6.54 Å². The number of aromatic nitrogens is 1. The molecule has 2 fully saturated rings. The first-order valence-electron chi connectivity index (χ1n) is 6.17. The van der Waals surface area contributed by atoms with Crippen molar-refractivity contribution in [1.82, 2.24) is 15.2 Å². The van der Waals surface area contributed by atoms with Crippen LogP contribution in [0.25, 0.3) is 0 Å². The van der Waals surface area contributed by atoms with Gasteiger partial charge in [0.25, 0.3) is 0 Å². The van der Waals surface area contributed by atoms with Gasteiger partial charge in [-0.25, -0.2) is 0 Å². The lowest BCUT2D eigenvalue weighted by Gasteiger charge is -2.33. The molecule has 16 heavy (non-hydrogen) atoms. The molecule has 1 spiro atoms. The zero-order valence-electron chi connectivity index (χ0n) is 9.61. The number of hydrogen-bond donors (Lipinski definition) is 1. The van der Waals surface area contributed by atoms with Crippen molar-refractivity contribution >= 4 is 11.3 Å². The molecule has 0 amide bonds. The Labute approximate surface area is 101 Å². The second-order valence-electron chi connectivity index (χ2n) is 5.18. The van der Waals surface area contributed by atoms with Crippen LogP contribution >= 0.6 is 11.3 Å². The minimum absolute atomic E-state index is 0.635. The number of thiazole rings is 1. The van der Waals surface area contributed by atoms with E-state index in [-0.39, 0.29) is 0 Å². The van der Waals surface area contributed by atoms with Gasteiger partial charge in [-0.05, 0) is 44.3 Å². The highest BCUT2D eigenvalue weighted by atomic mass is 32.1. The molecular formula is C12H19N3S. The van der Waals surface area contributed by atoms with Gasteiger partial charge in [-0.3, -0.25) is 9.88 Å². The van der Waals surface area contributed by atoms with E-state index in [9.17, 15) is 0 Å². The van der Waals surface area contributed by atoms with Crippen LogP contribution in [-0.2, 0) is 6.54 Å². The van der Waals surface area contributed by atoms with Crippen molar-refractivity contribution in [3.8, 4) is 0 Å². The molecule has 3 rings (SSSR count). The third-order valence-electron chi connectivity index (χ3n) is 4.04. The van der Waals surface area contributed by atoms with Gasteiger partial charge in [0.1, 0.15) is 0 Å². The van der Waals surface area contributed by atoms with Crippen LogP contribution in [0.15, 0.2) is 11.7 Å². The second-order valence-corrected chi connectivity index (χ2v) is 6.15. The van der Waals surface area contributed by atoms with Crippen molar-refractivity contribution in [3.05, 3.63) is 16.6 Å².